The number of aromatic nitrogens is 2. The predicted molar refractivity (Wildman–Crippen MR) is 54.3 cm³/mol. The second kappa shape index (κ2) is 3.57. The summed E-state index contributed by atoms with van der Waals surface area (Å²) in [6, 6.07) is 3.92. The zero-order valence-electron chi connectivity index (χ0n) is 7.66. The van der Waals surface area contributed by atoms with Gasteiger partial charge in [-0.25, -0.2) is 4.39 Å². The fourth-order valence-corrected chi connectivity index (χ4v) is 1.76. The number of nitrogens with one attached hydrogen (secondary N) is 1. The average molecular weight is 285 g/mol. The van der Waals surface area contributed by atoms with Crippen molar-refractivity contribution in [3.8, 4) is 6.07 Å². The molecule has 16 heavy (non-hydrogen) atoms. The first-order valence-electron chi connectivity index (χ1n) is 4.11. The van der Waals surface area contributed by atoms with Crippen LogP contribution in [0.15, 0.2) is 21.4 Å². The van der Waals surface area contributed by atoms with Gasteiger partial charge in [0.2, 0.25) is 0 Å². The molecule has 0 spiro atoms. The minimum absolute atomic E-state index is 0.0226. The van der Waals surface area contributed by atoms with Crippen molar-refractivity contribution in [2.45, 2.75) is 0 Å². The van der Waals surface area contributed by atoms with Gasteiger partial charge in [0.15, 0.2) is 6.07 Å². The van der Waals surface area contributed by atoms with Crippen molar-refractivity contribution in [1.82, 2.24) is 4.98 Å². The standard InChI is InChI=1S/C9H3BrFN3O2/c10-7-4(11)1-2-5-8(7)13-9(15)6(3-12)14(5)16/h1-2H,(H-,13,15,16)/p+1. The van der Waals surface area contributed by atoms with Gasteiger partial charge in [-0.2, -0.15) is 5.26 Å². The topological polar surface area (TPSA) is 80.8 Å². The molecule has 2 rings (SSSR count). The Morgan fingerprint density at radius 3 is 2.88 bits per heavy atom. The molecule has 0 amide bonds. The lowest BCUT2D eigenvalue weighted by Crippen LogP contribution is -2.41. The molecule has 1 aromatic heterocycles. The lowest BCUT2D eigenvalue weighted by atomic mass is 10.3. The molecule has 0 saturated carbocycles. The van der Waals surface area contributed by atoms with Gasteiger partial charge in [0.1, 0.15) is 11.3 Å². The molecule has 0 saturated heterocycles. The van der Waals surface area contributed by atoms with Crippen LogP contribution in [-0.4, -0.2) is 10.2 Å². The van der Waals surface area contributed by atoms with E-state index in [1.165, 1.54) is 6.07 Å². The maximum Gasteiger partial charge on any atom is 0.398 e. The van der Waals surface area contributed by atoms with E-state index in [2.05, 4.69) is 20.9 Å². The first-order chi connectivity index (χ1) is 7.56. The van der Waals surface area contributed by atoms with Crippen molar-refractivity contribution in [2.75, 3.05) is 0 Å². The maximum atomic E-state index is 13.2. The van der Waals surface area contributed by atoms with Crippen molar-refractivity contribution >= 4 is 27.0 Å². The van der Waals surface area contributed by atoms with Gasteiger partial charge in [-0.15, -0.1) is 0 Å². The molecule has 2 N–H and O–H groups in total. The highest BCUT2D eigenvalue weighted by Gasteiger charge is 2.22. The molecule has 0 aliphatic rings. The molecule has 7 heteroatoms. The molecule has 5 nitrogen and oxygen atoms in total. The highest BCUT2D eigenvalue weighted by atomic mass is 79.9. The van der Waals surface area contributed by atoms with Gasteiger partial charge in [0.05, 0.1) is 4.47 Å². The van der Waals surface area contributed by atoms with Gasteiger partial charge < -0.3 is 4.98 Å². The molecule has 1 heterocycles. The zero-order chi connectivity index (χ0) is 11.9. The normalized spacial score (nSPS) is 10.3. The molecular formula is C9H4BrFN3O2+. The van der Waals surface area contributed by atoms with Crippen LogP contribution >= 0.6 is 15.9 Å². The highest BCUT2D eigenvalue weighted by Crippen LogP contribution is 2.22. The van der Waals surface area contributed by atoms with Crippen LogP contribution < -0.4 is 10.3 Å². The summed E-state index contributed by atoms with van der Waals surface area (Å²) in [6.45, 7) is 0. The SMILES string of the molecule is N#Cc1c(=O)[nH]c2c(Br)c(F)ccc2[n+]1O. The van der Waals surface area contributed by atoms with Crippen LogP contribution in [0.2, 0.25) is 0 Å². The summed E-state index contributed by atoms with van der Waals surface area (Å²) >= 11 is 2.94. The number of nitriles is 1. The van der Waals surface area contributed by atoms with Crippen molar-refractivity contribution < 1.29 is 14.3 Å². The third-order valence-corrected chi connectivity index (χ3v) is 2.85. The third-order valence-electron chi connectivity index (χ3n) is 2.07. The van der Waals surface area contributed by atoms with E-state index < -0.39 is 17.1 Å². The van der Waals surface area contributed by atoms with E-state index in [9.17, 15) is 14.4 Å². The van der Waals surface area contributed by atoms with E-state index in [4.69, 9.17) is 5.26 Å². The first kappa shape index (κ1) is 10.6. The maximum absolute atomic E-state index is 13.2. The van der Waals surface area contributed by atoms with E-state index in [0.717, 1.165) is 6.07 Å². The number of benzene rings is 1. The van der Waals surface area contributed by atoms with Crippen LogP contribution in [-0.2, 0) is 0 Å². The van der Waals surface area contributed by atoms with Crippen LogP contribution in [0, 0.1) is 17.1 Å². The molecule has 0 aliphatic carbocycles. The number of H-pyrrole nitrogens is 1. The summed E-state index contributed by atoms with van der Waals surface area (Å²) < 4.78 is 13.6. The Hall–Kier alpha value is -1.94. The van der Waals surface area contributed by atoms with Gasteiger partial charge in [-0.1, -0.05) is 0 Å². The molecule has 2 aromatic rings. The molecule has 0 atom stereocenters. The largest absolute Gasteiger partial charge is 0.398 e. The number of nitrogens with zero attached hydrogens (tertiary/aromatic N) is 2. The Morgan fingerprint density at radius 1 is 1.56 bits per heavy atom. The van der Waals surface area contributed by atoms with E-state index in [-0.39, 0.29) is 15.5 Å². The van der Waals surface area contributed by atoms with Crippen molar-refractivity contribution in [1.29, 1.82) is 5.26 Å². The van der Waals surface area contributed by atoms with Gasteiger partial charge >= 0.3 is 11.3 Å². The van der Waals surface area contributed by atoms with Crippen molar-refractivity contribution in [3.63, 3.8) is 0 Å². The third kappa shape index (κ3) is 1.35. The molecule has 1 aromatic carbocycles. The Bertz CT molecular complexity index is 690. The van der Waals surface area contributed by atoms with Crippen LogP contribution in [0.4, 0.5) is 4.39 Å². The van der Waals surface area contributed by atoms with Crippen LogP contribution in [0.25, 0.3) is 11.0 Å². The van der Waals surface area contributed by atoms with Crippen LogP contribution in [0.3, 0.4) is 0 Å². The van der Waals surface area contributed by atoms with Gasteiger partial charge in [0, 0.05) is 10.8 Å². The molecule has 80 valence electrons. The lowest BCUT2D eigenvalue weighted by Gasteiger charge is -1.98. The predicted octanol–water partition coefficient (Wildman–Crippen LogP) is 0.826. The molecular weight excluding hydrogens is 281 g/mol. The minimum Gasteiger partial charge on any atom is -0.309 e. The Balaban J connectivity index is 3.06. The fourth-order valence-electron chi connectivity index (χ4n) is 1.32. The van der Waals surface area contributed by atoms with E-state index in [1.54, 1.807) is 6.07 Å². The van der Waals surface area contributed by atoms with Crippen molar-refractivity contribution in [2.24, 2.45) is 0 Å². The average Bonchev–Trinajstić information content (AvgIpc) is 2.25. The van der Waals surface area contributed by atoms with E-state index >= 15 is 0 Å². The minimum atomic E-state index is -0.788. The van der Waals surface area contributed by atoms with Gasteiger partial charge in [-0.3, -0.25) is 10.0 Å². The Kier molecular flexibility index (Phi) is 2.36. The fraction of sp³-hybridized carbons (Fsp3) is 0. The van der Waals surface area contributed by atoms with Crippen molar-refractivity contribution in [3.05, 3.63) is 38.5 Å². The Morgan fingerprint density at radius 2 is 2.25 bits per heavy atom. The molecule has 0 bridgehead atoms. The summed E-state index contributed by atoms with van der Waals surface area (Å²) in [7, 11) is 0. The summed E-state index contributed by atoms with van der Waals surface area (Å²) in [5.74, 6) is -0.576. The lowest BCUT2D eigenvalue weighted by molar-refractivity contribution is -0.887. The second-order valence-corrected chi connectivity index (χ2v) is 3.77. The van der Waals surface area contributed by atoms with Crippen LogP contribution in [0.1, 0.15) is 5.69 Å². The number of halogens is 2. The first-order valence-corrected chi connectivity index (χ1v) is 4.91. The number of aromatic amines is 1. The zero-order valence-corrected chi connectivity index (χ0v) is 9.25. The Labute approximate surface area is 96.5 Å². The molecule has 0 unspecified atom stereocenters. The smallest absolute Gasteiger partial charge is 0.309 e. The van der Waals surface area contributed by atoms with E-state index in [1.807, 2.05) is 0 Å². The summed E-state index contributed by atoms with van der Waals surface area (Å²) in [4.78, 5) is 13.7. The number of rotatable bonds is 0. The summed E-state index contributed by atoms with van der Waals surface area (Å²) in [5, 5.41) is 18.2. The monoisotopic (exact) mass is 284 g/mol. The molecule has 0 aliphatic heterocycles. The second-order valence-electron chi connectivity index (χ2n) is 2.98. The molecule has 0 radical (unpaired) electrons. The number of fused-ring (bicyclic) bond motifs is 1. The van der Waals surface area contributed by atoms with Gasteiger partial charge in [0.25, 0.3) is 5.52 Å². The number of hydrogen-bond donors (Lipinski definition) is 2. The summed E-state index contributed by atoms with van der Waals surface area (Å²) in [5.41, 5.74) is -1.04. The van der Waals surface area contributed by atoms with E-state index in [0.29, 0.717) is 4.73 Å². The quantitative estimate of drug-likeness (QED) is 0.555. The highest BCUT2D eigenvalue weighted by molar-refractivity contribution is 9.10. The van der Waals surface area contributed by atoms with Gasteiger partial charge in [-0.05, 0) is 22.0 Å². The summed E-state index contributed by atoms with van der Waals surface area (Å²) in [6.07, 6.45) is 0. The molecule has 0 fully saturated rings. The number of hydrogen-bond acceptors (Lipinski definition) is 3. The van der Waals surface area contributed by atoms with Crippen LogP contribution in [0.5, 0.6) is 0 Å².